The van der Waals surface area contributed by atoms with E-state index in [4.69, 9.17) is 0 Å². The monoisotopic (exact) mass is 563 g/mol. The number of Topliss-reactive ketones (excluding diaryl/α,β-unsaturated/α-hetero) is 1. The van der Waals surface area contributed by atoms with Gasteiger partial charge in [0.1, 0.15) is 6.54 Å². The topological polar surface area (TPSA) is 85.0 Å². The first-order valence-corrected chi connectivity index (χ1v) is 12.7. The molecule has 208 valence electrons. The van der Waals surface area contributed by atoms with Crippen molar-refractivity contribution in [3.63, 3.8) is 0 Å². The van der Waals surface area contributed by atoms with Crippen molar-refractivity contribution in [1.82, 2.24) is 20.2 Å². The normalized spacial score (nSPS) is 13.9. The lowest BCUT2D eigenvalue weighted by atomic mass is 10.0. The fraction of sp³-hybridized carbons (Fsp3) is 0.464. The summed E-state index contributed by atoms with van der Waals surface area (Å²) in [6.45, 7) is 8.53. The van der Waals surface area contributed by atoms with Crippen molar-refractivity contribution in [3.8, 4) is 0 Å². The smallest absolute Gasteiger partial charge is 0.256 e. The third kappa shape index (κ3) is 7.47. The quantitative estimate of drug-likeness (QED) is 0.459. The number of halogens is 2. The number of hydrogen-bond donors (Lipinski definition) is 2. The van der Waals surface area contributed by atoms with E-state index in [2.05, 4.69) is 36.6 Å². The molecule has 1 heterocycles. The third-order valence-electron chi connectivity index (χ3n) is 7.02. The van der Waals surface area contributed by atoms with Gasteiger partial charge in [-0.15, -0.1) is 24.8 Å². The van der Waals surface area contributed by atoms with Crippen LogP contribution in [0.3, 0.4) is 0 Å². The number of rotatable bonds is 10. The zero-order chi connectivity index (χ0) is 25.8. The molecule has 8 nitrogen and oxygen atoms in total. The van der Waals surface area contributed by atoms with Crippen LogP contribution in [0.5, 0.6) is 0 Å². The van der Waals surface area contributed by atoms with E-state index in [9.17, 15) is 14.4 Å². The summed E-state index contributed by atoms with van der Waals surface area (Å²) in [5, 5.41) is 10.2. The highest BCUT2D eigenvalue weighted by molar-refractivity contribution is 6.01. The molecule has 0 aromatic heterocycles. The van der Waals surface area contributed by atoms with Crippen LogP contribution in [0.2, 0.25) is 0 Å². The fourth-order valence-electron chi connectivity index (χ4n) is 4.82. The van der Waals surface area contributed by atoms with E-state index in [-0.39, 0.29) is 61.5 Å². The standard InChI is InChI=1S/C28H37N5O3.2ClH/c1-19(2)29-11-12-32(18-28(36)31(4)33-16-22-7-5-6-8-23(22)17-33)27(35)15-30-25-14-24-21(13-20(25)3)9-10-26(24)34;;/h5-8,13-14,19,29-30H,9-12,15-18H2,1-4H3;2*1H. The average molecular weight is 565 g/mol. The van der Waals surface area contributed by atoms with Gasteiger partial charge in [-0.3, -0.25) is 19.4 Å². The molecule has 10 heteroatoms. The number of likely N-dealkylation sites (N-methyl/N-ethyl adjacent to an activating group) is 1. The Balaban J connectivity index is 0.00000253. The third-order valence-corrected chi connectivity index (χ3v) is 7.02. The summed E-state index contributed by atoms with van der Waals surface area (Å²) in [6, 6.07) is 12.4. The minimum atomic E-state index is -0.154. The number of benzene rings is 2. The Hall–Kier alpha value is -2.65. The highest BCUT2D eigenvalue weighted by Gasteiger charge is 2.27. The number of nitrogens with one attached hydrogen (secondary N) is 2. The Morgan fingerprint density at radius 2 is 1.66 bits per heavy atom. The number of aryl methyl sites for hydroxylation is 2. The van der Waals surface area contributed by atoms with E-state index >= 15 is 0 Å². The van der Waals surface area contributed by atoms with Crippen LogP contribution in [0.25, 0.3) is 0 Å². The molecular weight excluding hydrogens is 525 g/mol. The Morgan fingerprint density at radius 1 is 1.00 bits per heavy atom. The highest BCUT2D eigenvalue weighted by atomic mass is 35.5. The number of fused-ring (bicyclic) bond motifs is 2. The van der Waals surface area contributed by atoms with Crippen molar-refractivity contribution in [2.24, 2.45) is 0 Å². The van der Waals surface area contributed by atoms with Gasteiger partial charge in [0.05, 0.1) is 6.54 Å². The van der Waals surface area contributed by atoms with Gasteiger partial charge in [-0.25, -0.2) is 5.01 Å². The largest absolute Gasteiger partial charge is 0.376 e. The summed E-state index contributed by atoms with van der Waals surface area (Å²) < 4.78 is 0. The summed E-state index contributed by atoms with van der Waals surface area (Å²) in [6.07, 6.45) is 1.33. The highest BCUT2D eigenvalue weighted by Crippen LogP contribution is 2.28. The lowest BCUT2D eigenvalue weighted by Gasteiger charge is -2.31. The number of hydrazine groups is 1. The molecule has 0 saturated heterocycles. The molecule has 2 aromatic rings. The van der Waals surface area contributed by atoms with Crippen molar-refractivity contribution >= 4 is 48.1 Å². The molecule has 0 saturated carbocycles. The zero-order valence-corrected chi connectivity index (χ0v) is 24.2. The van der Waals surface area contributed by atoms with Gasteiger partial charge >= 0.3 is 0 Å². The van der Waals surface area contributed by atoms with Crippen molar-refractivity contribution in [2.75, 3.05) is 38.5 Å². The number of amides is 2. The molecule has 1 aliphatic heterocycles. The maximum atomic E-state index is 13.2. The first-order chi connectivity index (χ1) is 17.2. The Bertz CT molecular complexity index is 1130. The second-order valence-corrected chi connectivity index (χ2v) is 10.0. The second-order valence-electron chi connectivity index (χ2n) is 10.0. The summed E-state index contributed by atoms with van der Waals surface area (Å²) in [7, 11) is 1.77. The van der Waals surface area contributed by atoms with Gasteiger partial charge in [-0.05, 0) is 41.7 Å². The van der Waals surface area contributed by atoms with Crippen molar-refractivity contribution in [2.45, 2.75) is 52.7 Å². The SMILES string of the molecule is Cc1cc2c(cc1NCC(=O)N(CCNC(C)C)CC(=O)N(C)N1Cc3ccccc3C1)C(=O)CC2.Cl.Cl. The first-order valence-electron chi connectivity index (χ1n) is 12.7. The molecule has 2 aliphatic rings. The van der Waals surface area contributed by atoms with Gasteiger partial charge in [-0.2, -0.15) is 0 Å². The van der Waals surface area contributed by atoms with E-state index in [1.807, 2.05) is 36.2 Å². The molecule has 1 aliphatic carbocycles. The number of ketones is 1. The summed E-state index contributed by atoms with van der Waals surface area (Å²) in [5.74, 6) is -0.128. The van der Waals surface area contributed by atoms with Crippen LogP contribution >= 0.6 is 24.8 Å². The number of nitrogens with zero attached hydrogens (tertiary/aromatic N) is 3. The summed E-state index contributed by atoms with van der Waals surface area (Å²) in [5.41, 5.74) is 6.06. The maximum Gasteiger partial charge on any atom is 0.256 e. The van der Waals surface area contributed by atoms with Gasteiger partial charge in [-0.1, -0.05) is 44.2 Å². The van der Waals surface area contributed by atoms with E-state index in [0.717, 1.165) is 28.8 Å². The summed E-state index contributed by atoms with van der Waals surface area (Å²) >= 11 is 0. The van der Waals surface area contributed by atoms with Crippen molar-refractivity contribution in [3.05, 3.63) is 64.2 Å². The molecule has 0 bridgehead atoms. The molecule has 4 rings (SSSR count). The predicted octanol–water partition coefficient (Wildman–Crippen LogP) is 3.60. The van der Waals surface area contributed by atoms with Gasteiger partial charge in [0.15, 0.2) is 5.78 Å². The second kappa shape index (κ2) is 13.9. The van der Waals surface area contributed by atoms with E-state index < -0.39 is 0 Å². The molecule has 0 unspecified atom stereocenters. The van der Waals surface area contributed by atoms with Gasteiger partial charge in [0.2, 0.25) is 5.91 Å². The summed E-state index contributed by atoms with van der Waals surface area (Å²) in [4.78, 5) is 40.2. The molecule has 2 N–H and O–H groups in total. The zero-order valence-electron chi connectivity index (χ0n) is 22.6. The minimum absolute atomic E-state index is 0. The van der Waals surface area contributed by atoms with Crippen molar-refractivity contribution in [1.29, 1.82) is 0 Å². The molecule has 38 heavy (non-hydrogen) atoms. The van der Waals surface area contributed by atoms with Crippen molar-refractivity contribution < 1.29 is 14.4 Å². The van der Waals surface area contributed by atoms with Crippen LogP contribution in [0.15, 0.2) is 36.4 Å². The molecule has 2 aromatic carbocycles. The number of carbonyl (C=O) groups is 3. The Kier molecular flexibility index (Phi) is 11.6. The number of carbonyl (C=O) groups excluding carboxylic acids is 3. The van der Waals surface area contributed by atoms with Crippen LogP contribution in [0.4, 0.5) is 5.69 Å². The Labute approximate surface area is 237 Å². The molecule has 0 spiro atoms. The van der Waals surface area contributed by atoms with Crippen LogP contribution in [-0.2, 0) is 29.1 Å². The molecule has 2 amide bonds. The molecule has 0 fully saturated rings. The van der Waals surface area contributed by atoms with E-state index in [1.54, 1.807) is 17.0 Å². The van der Waals surface area contributed by atoms with Crippen LogP contribution in [0.1, 0.15) is 52.9 Å². The minimum Gasteiger partial charge on any atom is -0.376 e. The average Bonchev–Trinajstić information content (AvgIpc) is 3.44. The molecular formula is C28H39Cl2N5O3. The lowest BCUT2D eigenvalue weighted by molar-refractivity contribution is -0.151. The maximum absolute atomic E-state index is 13.2. The van der Waals surface area contributed by atoms with E-state index in [0.29, 0.717) is 32.6 Å². The molecule has 0 radical (unpaired) electrons. The molecule has 0 atom stereocenters. The van der Waals surface area contributed by atoms with Gasteiger partial charge in [0, 0.05) is 56.9 Å². The Morgan fingerprint density at radius 3 is 2.29 bits per heavy atom. The van der Waals surface area contributed by atoms with Crippen LogP contribution in [0, 0.1) is 6.92 Å². The van der Waals surface area contributed by atoms with Crippen LogP contribution in [-0.4, -0.2) is 71.8 Å². The lowest BCUT2D eigenvalue weighted by Crippen LogP contribution is -2.49. The van der Waals surface area contributed by atoms with Crippen LogP contribution < -0.4 is 10.6 Å². The number of hydrogen-bond acceptors (Lipinski definition) is 6. The van der Waals surface area contributed by atoms with Gasteiger partial charge < -0.3 is 15.5 Å². The van der Waals surface area contributed by atoms with Gasteiger partial charge in [0.25, 0.3) is 5.91 Å². The fourth-order valence-corrected chi connectivity index (χ4v) is 4.82. The number of anilines is 1. The predicted molar refractivity (Wildman–Crippen MR) is 155 cm³/mol. The first kappa shape index (κ1) is 31.6. The van der Waals surface area contributed by atoms with E-state index in [1.165, 1.54) is 11.1 Å².